The molecule has 0 saturated carbocycles. The number of benzene rings is 4. The van der Waals surface area contributed by atoms with Crippen LogP contribution in [-0.2, 0) is 6.61 Å². The SMILES string of the molecule is Cc1cc(C=Nn2c(-c3cc4cc(Cl)ccc4o3)nc3ccccc3c2=O)c(C)n1-c1ccc(OCc2ccc(Cl)cc2Cl)cc1. The summed E-state index contributed by atoms with van der Waals surface area (Å²) in [6, 6.07) is 29.5. The molecule has 0 saturated heterocycles. The van der Waals surface area contributed by atoms with Gasteiger partial charge in [-0.25, -0.2) is 4.98 Å². The average Bonchev–Trinajstić information content (AvgIpc) is 3.59. The van der Waals surface area contributed by atoms with Gasteiger partial charge in [0.05, 0.1) is 17.1 Å². The molecular weight excluding hydrogens is 643 g/mol. The third kappa shape index (κ3) is 5.69. The summed E-state index contributed by atoms with van der Waals surface area (Å²) >= 11 is 18.5. The molecular formula is C36H25Cl3N4O3. The van der Waals surface area contributed by atoms with Gasteiger partial charge in [0.25, 0.3) is 5.56 Å². The maximum Gasteiger partial charge on any atom is 0.282 e. The highest BCUT2D eigenvalue weighted by Crippen LogP contribution is 2.30. The van der Waals surface area contributed by atoms with Crippen LogP contribution in [0.1, 0.15) is 22.5 Å². The standard InChI is InChI=1S/C36H25Cl3N4O3/c1-21-15-25(22(2)42(21)28-10-12-29(13-11-28)45-20-23-7-8-27(38)18-31(23)39)19-40-43-35(41-32-6-4-3-5-30(32)36(43)44)34-17-24-16-26(37)9-14-33(24)46-34/h3-19H,20H2,1-2H3. The van der Waals surface area contributed by atoms with Crippen molar-refractivity contribution in [3.63, 3.8) is 0 Å². The summed E-state index contributed by atoms with van der Waals surface area (Å²) < 4.78 is 15.5. The van der Waals surface area contributed by atoms with Crippen LogP contribution >= 0.6 is 34.8 Å². The molecule has 3 heterocycles. The highest BCUT2D eigenvalue weighted by atomic mass is 35.5. The first-order valence-electron chi connectivity index (χ1n) is 14.4. The van der Waals surface area contributed by atoms with Crippen LogP contribution in [0.3, 0.4) is 0 Å². The summed E-state index contributed by atoms with van der Waals surface area (Å²) in [4.78, 5) is 18.5. The molecule has 3 aromatic heterocycles. The Morgan fingerprint density at radius 3 is 2.46 bits per heavy atom. The predicted molar refractivity (Wildman–Crippen MR) is 185 cm³/mol. The van der Waals surface area contributed by atoms with E-state index in [0.29, 0.717) is 49.7 Å². The van der Waals surface area contributed by atoms with Gasteiger partial charge in [-0.1, -0.05) is 53.0 Å². The van der Waals surface area contributed by atoms with Gasteiger partial charge in [-0.2, -0.15) is 9.78 Å². The highest BCUT2D eigenvalue weighted by molar-refractivity contribution is 6.35. The lowest BCUT2D eigenvalue weighted by Crippen LogP contribution is -2.20. The van der Waals surface area contributed by atoms with E-state index in [1.54, 1.807) is 54.7 Å². The molecule has 0 amide bonds. The number of para-hydroxylation sites is 1. The van der Waals surface area contributed by atoms with Crippen molar-refractivity contribution < 1.29 is 9.15 Å². The van der Waals surface area contributed by atoms with E-state index in [-0.39, 0.29) is 11.4 Å². The quantitative estimate of drug-likeness (QED) is 0.159. The van der Waals surface area contributed by atoms with Crippen molar-refractivity contribution in [1.29, 1.82) is 0 Å². The lowest BCUT2D eigenvalue weighted by molar-refractivity contribution is 0.306. The highest BCUT2D eigenvalue weighted by Gasteiger charge is 2.17. The number of hydrogen-bond donors (Lipinski definition) is 0. The molecule has 7 aromatic rings. The molecule has 0 aliphatic carbocycles. The summed E-state index contributed by atoms with van der Waals surface area (Å²) in [6.07, 6.45) is 1.67. The smallest absolute Gasteiger partial charge is 0.282 e. The van der Waals surface area contributed by atoms with Crippen LogP contribution in [0, 0.1) is 13.8 Å². The average molecular weight is 668 g/mol. The molecule has 0 spiro atoms. The van der Waals surface area contributed by atoms with E-state index in [1.807, 2.05) is 62.4 Å². The lowest BCUT2D eigenvalue weighted by atomic mass is 10.2. The zero-order valence-electron chi connectivity index (χ0n) is 24.7. The monoisotopic (exact) mass is 666 g/mol. The fourth-order valence-electron chi connectivity index (χ4n) is 5.44. The fraction of sp³-hybridized carbons (Fsp3) is 0.0833. The number of nitrogens with zero attached hydrogens (tertiary/aromatic N) is 4. The van der Waals surface area contributed by atoms with Crippen molar-refractivity contribution in [1.82, 2.24) is 14.2 Å². The second-order valence-corrected chi connectivity index (χ2v) is 12.1. The molecule has 46 heavy (non-hydrogen) atoms. The van der Waals surface area contributed by atoms with Crippen LogP contribution in [0.4, 0.5) is 0 Å². The van der Waals surface area contributed by atoms with Crippen molar-refractivity contribution in [2.45, 2.75) is 20.5 Å². The van der Waals surface area contributed by atoms with Crippen molar-refractivity contribution in [2.24, 2.45) is 5.10 Å². The molecule has 0 atom stereocenters. The number of hydrogen-bond acceptors (Lipinski definition) is 5. The van der Waals surface area contributed by atoms with Gasteiger partial charge in [0, 0.05) is 48.7 Å². The lowest BCUT2D eigenvalue weighted by Gasteiger charge is -2.12. The maximum absolute atomic E-state index is 13.7. The van der Waals surface area contributed by atoms with Crippen LogP contribution in [-0.4, -0.2) is 20.4 Å². The molecule has 10 heteroatoms. The minimum Gasteiger partial charge on any atom is -0.489 e. The third-order valence-electron chi connectivity index (χ3n) is 7.74. The van der Waals surface area contributed by atoms with E-state index >= 15 is 0 Å². The first-order valence-corrected chi connectivity index (χ1v) is 15.5. The Balaban J connectivity index is 1.21. The van der Waals surface area contributed by atoms with E-state index in [9.17, 15) is 4.79 Å². The Morgan fingerprint density at radius 1 is 0.891 bits per heavy atom. The van der Waals surface area contributed by atoms with Crippen molar-refractivity contribution in [3.8, 4) is 23.0 Å². The van der Waals surface area contributed by atoms with E-state index < -0.39 is 0 Å². The molecule has 7 nitrogen and oxygen atoms in total. The molecule has 0 unspecified atom stereocenters. The Labute approximate surface area is 278 Å². The summed E-state index contributed by atoms with van der Waals surface area (Å²) in [5, 5.41) is 7.64. The number of fused-ring (bicyclic) bond motifs is 2. The number of rotatable bonds is 7. The topological polar surface area (TPSA) is 74.5 Å². The number of ether oxygens (including phenoxy) is 1. The van der Waals surface area contributed by atoms with Gasteiger partial charge in [0.15, 0.2) is 5.76 Å². The summed E-state index contributed by atoms with van der Waals surface area (Å²) in [5.74, 6) is 1.41. The molecule has 0 radical (unpaired) electrons. The number of furan rings is 1. The second-order valence-electron chi connectivity index (χ2n) is 10.8. The summed E-state index contributed by atoms with van der Waals surface area (Å²) in [7, 11) is 0. The zero-order chi connectivity index (χ0) is 31.9. The van der Waals surface area contributed by atoms with E-state index in [4.69, 9.17) is 48.9 Å². The molecule has 0 aliphatic rings. The van der Waals surface area contributed by atoms with Gasteiger partial charge in [-0.05, 0) is 92.7 Å². The van der Waals surface area contributed by atoms with Crippen molar-refractivity contribution in [3.05, 3.63) is 145 Å². The van der Waals surface area contributed by atoms with Gasteiger partial charge in [-0.15, -0.1) is 0 Å². The van der Waals surface area contributed by atoms with Gasteiger partial charge in [0.2, 0.25) is 5.82 Å². The minimum absolute atomic E-state index is 0.288. The van der Waals surface area contributed by atoms with Gasteiger partial charge in [-0.3, -0.25) is 4.79 Å². The van der Waals surface area contributed by atoms with Crippen LogP contribution < -0.4 is 10.3 Å². The molecule has 0 bridgehead atoms. The van der Waals surface area contributed by atoms with E-state index in [2.05, 4.69) is 9.67 Å². The molecule has 0 N–H and O–H groups in total. The fourth-order valence-corrected chi connectivity index (χ4v) is 6.09. The molecule has 228 valence electrons. The predicted octanol–water partition coefficient (Wildman–Crippen LogP) is 9.64. The number of halogens is 3. The van der Waals surface area contributed by atoms with Crippen LogP contribution in [0.15, 0.2) is 111 Å². The normalized spacial score (nSPS) is 11.7. The van der Waals surface area contributed by atoms with Crippen LogP contribution in [0.5, 0.6) is 5.75 Å². The van der Waals surface area contributed by atoms with E-state index in [0.717, 1.165) is 33.6 Å². The Kier molecular flexibility index (Phi) is 7.90. The summed E-state index contributed by atoms with van der Waals surface area (Å²) in [6.45, 7) is 4.35. The number of aryl methyl sites for hydroxylation is 1. The summed E-state index contributed by atoms with van der Waals surface area (Å²) in [5.41, 5.74) is 5.48. The maximum atomic E-state index is 13.7. The van der Waals surface area contributed by atoms with Crippen LogP contribution in [0.25, 0.3) is 39.1 Å². The Bertz CT molecular complexity index is 2350. The Morgan fingerprint density at radius 2 is 1.65 bits per heavy atom. The minimum atomic E-state index is -0.306. The largest absolute Gasteiger partial charge is 0.489 e. The van der Waals surface area contributed by atoms with Gasteiger partial charge >= 0.3 is 0 Å². The molecule has 7 rings (SSSR count). The molecule has 0 fully saturated rings. The van der Waals surface area contributed by atoms with Crippen LogP contribution in [0.2, 0.25) is 15.1 Å². The van der Waals surface area contributed by atoms with Gasteiger partial charge < -0.3 is 13.7 Å². The van der Waals surface area contributed by atoms with Gasteiger partial charge in [0.1, 0.15) is 17.9 Å². The Hall–Kier alpha value is -4.82. The number of aromatic nitrogens is 3. The molecule has 4 aromatic carbocycles. The van der Waals surface area contributed by atoms with E-state index in [1.165, 1.54) is 4.68 Å². The first kappa shape index (κ1) is 29.9. The molecule has 0 aliphatic heterocycles. The first-order chi connectivity index (χ1) is 22.2. The van der Waals surface area contributed by atoms with Crippen molar-refractivity contribution >= 4 is 62.9 Å². The van der Waals surface area contributed by atoms with Crippen molar-refractivity contribution in [2.75, 3.05) is 0 Å². The third-order valence-corrected chi connectivity index (χ3v) is 8.56. The zero-order valence-corrected chi connectivity index (χ0v) is 26.9. The second kappa shape index (κ2) is 12.2.